The molecule has 0 aromatic carbocycles. The van der Waals surface area contributed by atoms with Gasteiger partial charge >= 0.3 is 0 Å². The van der Waals surface area contributed by atoms with Crippen LogP contribution in [-0.4, -0.2) is 11.5 Å². The third-order valence-electron chi connectivity index (χ3n) is 2.31. The predicted octanol–water partition coefficient (Wildman–Crippen LogP) is 2.57. The zero-order valence-electron chi connectivity index (χ0n) is 9.39. The first-order valence-corrected chi connectivity index (χ1v) is 5.37. The van der Waals surface area contributed by atoms with Gasteiger partial charge in [0, 0.05) is 0 Å². The molecule has 0 radical (unpaired) electrons. The first-order chi connectivity index (χ1) is 6.74. The average Bonchev–Trinajstić information content (AvgIpc) is 2.46. The molecule has 0 aliphatic heterocycles. The molecule has 0 aliphatic carbocycles. The molecule has 1 heterocycles. The van der Waals surface area contributed by atoms with Crippen molar-refractivity contribution in [2.45, 2.75) is 46.6 Å². The Balaban J connectivity index is 2.18. The van der Waals surface area contributed by atoms with Crippen LogP contribution in [0.25, 0.3) is 0 Å². The zero-order valence-corrected chi connectivity index (χ0v) is 9.39. The lowest BCUT2D eigenvalue weighted by molar-refractivity contribution is 0.446. The fourth-order valence-corrected chi connectivity index (χ4v) is 1.31. The van der Waals surface area contributed by atoms with Crippen molar-refractivity contribution in [1.29, 1.82) is 0 Å². The van der Waals surface area contributed by atoms with Gasteiger partial charge in [0.1, 0.15) is 5.76 Å². The lowest BCUT2D eigenvalue weighted by Gasteiger charge is -1.99. The molecule has 0 spiro atoms. The van der Waals surface area contributed by atoms with Crippen LogP contribution >= 0.6 is 0 Å². The van der Waals surface area contributed by atoms with Crippen LogP contribution in [-0.2, 0) is 6.54 Å². The Labute approximate surface area is 85.9 Å². The van der Waals surface area contributed by atoms with Gasteiger partial charge in [0.25, 0.3) is 0 Å². The second-order valence-electron chi connectivity index (χ2n) is 3.63. The van der Waals surface area contributed by atoms with E-state index in [1.54, 1.807) is 0 Å². The molecule has 80 valence electrons. The van der Waals surface area contributed by atoms with E-state index in [0.29, 0.717) is 0 Å². The number of hydrogen-bond acceptors (Lipinski definition) is 3. The molecule has 3 heteroatoms. The van der Waals surface area contributed by atoms with E-state index in [2.05, 4.69) is 17.2 Å². The number of unbranched alkanes of at least 4 members (excludes halogenated alkanes) is 2. The molecule has 1 aromatic rings. The molecule has 14 heavy (non-hydrogen) atoms. The van der Waals surface area contributed by atoms with E-state index in [4.69, 9.17) is 4.42 Å². The summed E-state index contributed by atoms with van der Waals surface area (Å²) in [5.74, 6) is 1.73. The molecule has 1 aromatic heterocycles. The maximum Gasteiger partial charge on any atom is 0.208 e. The van der Waals surface area contributed by atoms with E-state index in [9.17, 15) is 0 Å². The average molecular weight is 196 g/mol. The van der Waals surface area contributed by atoms with Crippen LogP contribution < -0.4 is 5.32 Å². The summed E-state index contributed by atoms with van der Waals surface area (Å²) in [6.07, 6.45) is 3.78. The van der Waals surface area contributed by atoms with E-state index in [-0.39, 0.29) is 0 Å². The normalized spacial score (nSPS) is 10.8. The number of nitrogens with zero attached hydrogens (tertiary/aromatic N) is 1. The van der Waals surface area contributed by atoms with Gasteiger partial charge in [-0.3, -0.25) is 0 Å². The smallest absolute Gasteiger partial charge is 0.208 e. The van der Waals surface area contributed by atoms with Gasteiger partial charge in [-0.1, -0.05) is 19.8 Å². The van der Waals surface area contributed by atoms with E-state index >= 15 is 0 Å². The summed E-state index contributed by atoms with van der Waals surface area (Å²) in [4.78, 5) is 4.30. The summed E-state index contributed by atoms with van der Waals surface area (Å²) in [6.45, 7) is 7.93. The van der Waals surface area contributed by atoms with E-state index in [1.807, 2.05) is 13.8 Å². The summed E-state index contributed by atoms with van der Waals surface area (Å²) in [5, 5.41) is 3.32. The lowest BCUT2D eigenvalue weighted by Crippen LogP contribution is -2.14. The van der Waals surface area contributed by atoms with Crippen molar-refractivity contribution in [2.24, 2.45) is 0 Å². The largest absolute Gasteiger partial charge is 0.444 e. The minimum Gasteiger partial charge on any atom is -0.444 e. The Morgan fingerprint density at radius 2 is 2.07 bits per heavy atom. The highest BCUT2D eigenvalue weighted by Gasteiger charge is 2.03. The molecule has 0 bridgehead atoms. The minimum atomic E-state index is 0.748. The molecule has 0 fully saturated rings. The van der Waals surface area contributed by atoms with Gasteiger partial charge in [-0.25, -0.2) is 4.98 Å². The van der Waals surface area contributed by atoms with Crippen LogP contribution in [0.5, 0.6) is 0 Å². The number of rotatable bonds is 6. The SMILES string of the molecule is CCCCCNCc1nc(C)c(C)o1. The maximum absolute atomic E-state index is 5.45. The Kier molecular flexibility index (Phi) is 4.66. The molecule has 0 aliphatic rings. The van der Waals surface area contributed by atoms with Gasteiger partial charge in [0.05, 0.1) is 12.2 Å². The maximum atomic E-state index is 5.45. The quantitative estimate of drug-likeness (QED) is 0.711. The molecular weight excluding hydrogens is 176 g/mol. The molecule has 3 nitrogen and oxygen atoms in total. The molecule has 0 atom stereocenters. The number of oxazole rings is 1. The highest BCUT2D eigenvalue weighted by atomic mass is 16.4. The molecule has 1 rings (SSSR count). The number of nitrogens with one attached hydrogen (secondary N) is 1. The van der Waals surface area contributed by atoms with Gasteiger partial charge in [-0.2, -0.15) is 0 Å². The second-order valence-corrected chi connectivity index (χ2v) is 3.63. The van der Waals surface area contributed by atoms with Gasteiger partial charge in [0.15, 0.2) is 0 Å². The summed E-state index contributed by atoms with van der Waals surface area (Å²) >= 11 is 0. The Morgan fingerprint density at radius 3 is 2.64 bits per heavy atom. The molecule has 1 N–H and O–H groups in total. The molecular formula is C11H20N2O. The standard InChI is InChI=1S/C11H20N2O/c1-4-5-6-7-12-8-11-13-9(2)10(3)14-11/h12H,4-8H2,1-3H3. The summed E-state index contributed by atoms with van der Waals surface area (Å²) in [7, 11) is 0. The topological polar surface area (TPSA) is 38.1 Å². The van der Waals surface area contributed by atoms with Crippen molar-refractivity contribution in [1.82, 2.24) is 10.3 Å². The van der Waals surface area contributed by atoms with Crippen molar-refractivity contribution < 1.29 is 4.42 Å². The fourth-order valence-electron chi connectivity index (χ4n) is 1.31. The first-order valence-electron chi connectivity index (χ1n) is 5.37. The summed E-state index contributed by atoms with van der Waals surface area (Å²) < 4.78 is 5.45. The molecule has 0 unspecified atom stereocenters. The second kappa shape index (κ2) is 5.81. The van der Waals surface area contributed by atoms with Crippen molar-refractivity contribution in [2.75, 3.05) is 6.54 Å². The zero-order chi connectivity index (χ0) is 10.4. The Hall–Kier alpha value is -0.830. The first kappa shape index (κ1) is 11.2. The monoisotopic (exact) mass is 196 g/mol. The number of aromatic nitrogens is 1. The van der Waals surface area contributed by atoms with Crippen molar-refractivity contribution in [3.63, 3.8) is 0 Å². The predicted molar refractivity (Wildman–Crippen MR) is 57.2 cm³/mol. The Bertz CT molecular complexity index is 249. The van der Waals surface area contributed by atoms with Crippen LogP contribution in [0.3, 0.4) is 0 Å². The van der Waals surface area contributed by atoms with Crippen LogP contribution in [0, 0.1) is 13.8 Å². The minimum absolute atomic E-state index is 0.748. The van der Waals surface area contributed by atoms with Gasteiger partial charge in [-0.05, 0) is 26.8 Å². The van der Waals surface area contributed by atoms with Crippen LogP contribution in [0.15, 0.2) is 4.42 Å². The molecule has 0 saturated carbocycles. The number of aryl methyl sites for hydroxylation is 2. The highest BCUT2D eigenvalue weighted by molar-refractivity contribution is 5.04. The van der Waals surface area contributed by atoms with Gasteiger partial charge in [-0.15, -0.1) is 0 Å². The summed E-state index contributed by atoms with van der Waals surface area (Å²) in [5.41, 5.74) is 0.996. The van der Waals surface area contributed by atoms with Crippen molar-refractivity contribution in [3.05, 3.63) is 17.3 Å². The lowest BCUT2D eigenvalue weighted by atomic mass is 10.2. The van der Waals surface area contributed by atoms with Crippen LogP contribution in [0.4, 0.5) is 0 Å². The molecule has 0 amide bonds. The van der Waals surface area contributed by atoms with Crippen molar-refractivity contribution >= 4 is 0 Å². The van der Waals surface area contributed by atoms with E-state index < -0.39 is 0 Å². The number of hydrogen-bond donors (Lipinski definition) is 1. The van der Waals surface area contributed by atoms with E-state index in [1.165, 1.54) is 19.3 Å². The Morgan fingerprint density at radius 1 is 1.29 bits per heavy atom. The van der Waals surface area contributed by atoms with E-state index in [0.717, 1.165) is 30.4 Å². The summed E-state index contributed by atoms with van der Waals surface area (Å²) in [6, 6.07) is 0. The third-order valence-corrected chi connectivity index (χ3v) is 2.31. The highest BCUT2D eigenvalue weighted by Crippen LogP contribution is 2.07. The van der Waals surface area contributed by atoms with Crippen LogP contribution in [0.2, 0.25) is 0 Å². The van der Waals surface area contributed by atoms with Gasteiger partial charge in [0.2, 0.25) is 5.89 Å². The van der Waals surface area contributed by atoms with Crippen molar-refractivity contribution in [3.8, 4) is 0 Å². The third kappa shape index (κ3) is 3.50. The molecule has 0 saturated heterocycles. The van der Waals surface area contributed by atoms with Crippen LogP contribution in [0.1, 0.15) is 43.5 Å². The fraction of sp³-hybridized carbons (Fsp3) is 0.727. The van der Waals surface area contributed by atoms with Gasteiger partial charge < -0.3 is 9.73 Å².